The van der Waals surface area contributed by atoms with Crippen LogP contribution in [-0.2, 0) is 14.3 Å². The van der Waals surface area contributed by atoms with E-state index in [0.29, 0.717) is 18.8 Å². The summed E-state index contributed by atoms with van der Waals surface area (Å²) >= 11 is 1.14. The number of thioether (sulfide) groups is 1. The van der Waals surface area contributed by atoms with Crippen LogP contribution in [0.3, 0.4) is 0 Å². The van der Waals surface area contributed by atoms with E-state index in [1.807, 2.05) is 0 Å². The van der Waals surface area contributed by atoms with Crippen LogP contribution in [-0.4, -0.2) is 36.3 Å². The molecule has 0 saturated carbocycles. The van der Waals surface area contributed by atoms with Gasteiger partial charge in [0.1, 0.15) is 6.10 Å². The Bertz CT molecular complexity index is 559. The third kappa shape index (κ3) is 4.22. The molecule has 1 aliphatic rings. The van der Waals surface area contributed by atoms with Gasteiger partial charge in [-0.15, -0.1) is 0 Å². The average molecular weight is 308 g/mol. The molecular formula is C14H16N2O4S. The average Bonchev–Trinajstić information content (AvgIpc) is 2.78. The molecule has 0 spiro atoms. The molecule has 112 valence electrons. The fourth-order valence-electron chi connectivity index (χ4n) is 1.96. The Morgan fingerprint density at radius 1 is 1.33 bits per heavy atom. The highest BCUT2D eigenvalue weighted by molar-refractivity contribution is 8.13. The number of anilines is 1. The fraction of sp³-hybridized carbons (Fsp3) is 0.357. The van der Waals surface area contributed by atoms with E-state index >= 15 is 0 Å². The van der Waals surface area contributed by atoms with Crippen LogP contribution in [0.4, 0.5) is 10.5 Å². The van der Waals surface area contributed by atoms with Crippen LogP contribution in [0.15, 0.2) is 29.2 Å². The van der Waals surface area contributed by atoms with Crippen molar-refractivity contribution in [2.45, 2.75) is 24.8 Å². The highest BCUT2D eigenvalue weighted by Crippen LogP contribution is 2.25. The summed E-state index contributed by atoms with van der Waals surface area (Å²) in [4.78, 5) is 36.0. The van der Waals surface area contributed by atoms with Crippen molar-refractivity contribution in [2.24, 2.45) is 0 Å². The zero-order valence-corrected chi connectivity index (χ0v) is 12.6. The maximum Gasteiger partial charge on any atom is 0.414 e. The minimum absolute atomic E-state index is 0.0127. The van der Waals surface area contributed by atoms with Crippen LogP contribution < -0.4 is 10.2 Å². The lowest BCUT2D eigenvalue weighted by Gasteiger charge is -2.13. The molecule has 1 unspecified atom stereocenters. The molecule has 21 heavy (non-hydrogen) atoms. The van der Waals surface area contributed by atoms with E-state index < -0.39 is 6.09 Å². The highest BCUT2D eigenvalue weighted by atomic mass is 32.2. The number of carbonyl (C=O) groups excluding carboxylic acids is 3. The van der Waals surface area contributed by atoms with Gasteiger partial charge in [-0.2, -0.15) is 0 Å². The number of ether oxygens (including phenoxy) is 1. The van der Waals surface area contributed by atoms with Crippen LogP contribution >= 0.6 is 11.8 Å². The second-order valence-corrected chi connectivity index (χ2v) is 5.89. The molecule has 1 aromatic carbocycles. The third-order valence-corrected chi connectivity index (χ3v) is 3.66. The van der Waals surface area contributed by atoms with E-state index in [0.717, 1.165) is 16.7 Å². The van der Waals surface area contributed by atoms with Gasteiger partial charge < -0.3 is 10.1 Å². The van der Waals surface area contributed by atoms with E-state index in [9.17, 15) is 14.4 Å². The predicted octanol–water partition coefficient (Wildman–Crippen LogP) is 1.79. The number of nitrogens with zero attached hydrogens (tertiary/aromatic N) is 1. The quantitative estimate of drug-likeness (QED) is 0.858. The number of cyclic esters (lactones) is 1. The molecule has 7 heteroatoms. The number of hydrogen-bond donors (Lipinski definition) is 1. The van der Waals surface area contributed by atoms with E-state index in [2.05, 4.69) is 5.32 Å². The Morgan fingerprint density at radius 3 is 2.57 bits per heavy atom. The largest absolute Gasteiger partial charge is 0.442 e. The summed E-state index contributed by atoms with van der Waals surface area (Å²) < 4.78 is 5.19. The normalized spacial score (nSPS) is 17.5. The lowest BCUT2D eigenvalue weighted by atomic mass is 10.2. The van der Waals surface area contributed by atoms with Gasteiger partial charge in [-0.05, 0) is 24.3 Å². The minimum atomic E-state index is -0.433. The lowest BCUT2D eigenvalue weighted by Crippen LogP contribution is -2.33. The van der Waals surface area contributed by atoms with E-state index in [4.69, 9.17) is 4.74 Å². The Kier molecular flexibility index (Phi) is 4.85. The Hall–Kier alpha value is -2.02. The summed E-state index contributed by atoms with van der Waals surface area (Å²) in [6.45, 7) is 3.61. The summed E-state index contributed by atoms with van der Waals surface area (Å²) in [5.74, 6) is -0.157. The Balaban J connectivity index is 1.99. The first-order valence-corrected chi connectivity index (χ1v) is 7.28. The van der Waals surface area contributed by atoms with Gasteiger partial charge in [-0.1, -0.05) is 11.8 Å². The molecule has 0 aliphatic carbocycles. The van der Waals surface area contributed by atoms with Gasteiger partial charge in [0, 0.05) is 24.4 Å². The predicted molar refractivity (Wildman–Crippen MR) is 79.3 cm³/mol. The number of benzene rings is 1. The highest BCUT2D eigenvalue weighted by Gasteiger charge is 2.32. The Labute approximate surface area is 126 Å². The number of nitrogens with one attached hydrogen (secondary N) is 1. The van der Waals surface area contributed by atoms with Crippen molar-refractivity contribution >= 4 is 34.6 Å². The summed E-state index contributed by atoms with van der Waals surface area (Å²) in [6, 6.07) is 7.12. The van der Waals surface area contributed by atoms with Crippen LogP contribution in [0.5, 0.6) is 0 Å². The second-order valence-electron chi connectivity index (χ2n) is 4.64. The first-order valence-electron chi connectivity index (χ1n) is 6.47. The molecule has 1 saturated heterocycles. The van der Waals surface area contributed by atoms with Crippen molar-refractivity contribution in [2.75, 3.05) is 18.0 Å². The molecule has 1 heterocycles. The van der Waals surface area contributed by atoms with Gasteiger partial charge in [0.2, 0.25) is 5.91 Å². The Morgan fingerprint density at radius 2 is 2.00 bits per heavy atom. The molecule has 0 radical (unpaired) electrons. The fourth-order valence-corrected chi connectivity index (χ4v) is 2.56. The molecule has 1 atom stereocenters. The zero-order chi connectivity index (χ0) is 15.4. The summed E-state index contributed by atoms with van der Waals surface area (Å²) in [5, 5.41) is 2.64. The van der Waals surface area contributed by atoms with Gasteiger partial charge in [0.15, 0.2) is 5.12 Å². The van der Waals surface area contributed by atoms with E-state index in [-0.39, 0.29) is 17.1 Å². The van der Waals surface area contributed by atoms with Gasteiger partial charge in [0.05, 0.1) is 13.1 Å². The smallest absolute Gasteiger partial charge is 0.414 e. The van der Waals surface area contributed by atoms with Gasteiger partial charge in [-0.3, -0.25) is 14.5 Å². The summed E-state index contributed by atoms with van der Waals surface area (Å²) in [6.07, 6.45) is -0.787. The monoisotopic (exact) mass is 308 g/mol. The molecule has 1 aromatic rings. The zero-order valence-electron chi connectivity index (χ0n) is 11.8. The first-order chi connectivity index (χ1) is 9.95. The topological polar surface area (TPSA) is 75.7 Å². The van der Waals surface area contributed by atoms with Gasteiger partial charge >= 0.3 is 6.09 Å². The number of hydrogen-bond acceptors (Lipinski definition) is 5. The molecule has 1 fully saturated rings. The lowest BCUT2D eigenvalue weighted by molar-refractivity contribution is -0.119. The van der Waals surface area contributed by atoms with Crippen molar-refractivity contribution in [1.82, 2.24) is 5.32 Å². The van der Waals surface area contributed by atoms with Crippen molar-refractivity contribution in [1.29, 1.82) is 0 Å². The number of amides is 2. The number of carbonyl (C=O) groups is 3. The maximum atomic E-state index is 11.8. The van der Waals surface area contributed by atoms with Crippen LogP contribution in [0.2, 0.25) is 0 Å². The molecule has 1 aliphatic heterocycles. The third-order valence-electron chi connectivity index (χ3n) is 2.86. The van der Waals surface area contributed by atoms with E-state index in [1.165, 1.54) is 18.7 Å². The van der Waals surface area contributed by atoms with Crippen LogP contribution in [0, 0.1) is 0 Å². The van der Waals surface area contributed by atoms with Crippen molar-refractivity contribution < 1.29 is 19.1 Å². The first kappa shape index (κ1) is 15.4. The summed E-state index contributed by atoms with van der Waals surface area (Å²) in [7, 11) is 0. The molecule has 2 amide bonds. The van der Waals surface area contributed by atoms with Crippen molar-refractivity contribution in [3.63, 3.8) is 0 Å². The molecule has 0 bridgehead atoms. The molecule has 2 rings (SSSR count). The maximum absolute atomic E-state index is 11.8. The molecule has 6 nitrogen and oxygen atoms in total. The van der Waals surface area contributed by atoms with Gasteiger partial charge in [-0.25, -0.2) is 4.79 Å². The van der Waals surface area contributed by atoms with Gasteiger partial charge in [0.25, 0.3) is 0 Å². The SMILES string of the molecule is CC(=O)NCC1CN(c2ccc(SC(C)=O)cc2)C(=O)O1. The van der Waals surface area contributed by atoms with E-state index in [1.54, 1.807) is 24.3 Å². The van der Waals surface area contributed by atoms with Crippen molar-refractivity contribution in [3.05, 3.63) is 24.3 Å². The summed E-state index contributed by atoms with van der Waals surface area (Å²) in [5.41, 5.74) is 0.707. The second kappa shape index (κ2) is 6.62. The number of rotatable bonds is 4. The van der Waals surface area contributed by atoms with Crippen LogP contribution in [0.1, 0.15) is 13.8 Å². The van der Waals surface area contributed by atoms with Crippen LogP contribution in [0.25, 0.3) is 0 Å². The minimum Gasteiger partial charge on any atom is -0.442 e. The molecular weight excluding hydrogens is 292 g/mol. The molecule has 1 N–H and O–H groups in total. The van der Waals surface area contributed by atoms with Crippen molar-refractivity contribution in [3.8, 4) is 0 Å². The molecule has 0 aromatic heterocycles. The standard InChI is InChI=1S/C14H16N2O4S/c1-9(17)15-7-12-8-16(14(19)20-12)11-3-5-13(6-4-11)21-10(2)18/h3-6,12H,7-8H2,1-2H3,(H,15,17).